The molecule has 0 aliphatic carbocycles. The highest BCUT2D eigenvalue weighted by Gasteiger charge is 2.18. The van der Waals surface area contributed by atoms with Gasteiger partial charge in [-0.3, -0.25) is 13.9 Å². The first-order valence-corrected chi connectivity index (χ1v) is 9.78. The van der Waals surface area contributed by atoms with Gasteiger partial charge in [0.2, 0.25) is 0 Å². The van der Waals surface area contributed by atoms with Gasteiger partial charge >= 0.3 is 0 Å². The summed E-state index contributed by atoms with van der Waals surface area (Å²) < 4.78 is 9.50. The zero-order chi connectivity index (χ0) is 20.0. The van der Waals surface area contributed by atoms with Crippen LogP contribution in [-0.4, -0.2) is 21.2 Å². The Hall–Kier alpha value is -2.57. The molecule has 0 atom stereocenters. The number of rotatable bonds is 3. The zero-order valence-electron chi connectivity index (χ0n) is 15.5. The van der Waals surface area contributed by atoms with E-state index in [1.807, 2.05) is 42.7 Å². The molecule has 2 aromatic heterocycles. The van der Waals surface area contributed by atoms with Crippen molar-refractivity contribution in [2.24, 2.45) is 0 Å². The highest BCUT2D eigenvalue weighted by Crippen LogP contribution is 2.31. The second kappa shape index (κ2) is 7.11. The largest absolute Gasteiger partial charge is 0.496 e. The molecule has 0 amide bonds. The Bertz CT molecular complexity index is 1260. The second-order valence-electron chi connectivity index (χ2n) is 6.52. The lowest BCUT2D eigenvalue weighted by Crippen LogP contribution is -2.20. The van der Waals surface area contributed by atoms with Gasteiger partial charge in [0.25, 0.3) is 5.56 Å². The van der Waals surface area contributed by atoms with Crippen LogP contribution in [0.2, 0.25) is 5.02 Å². The Morgan fingerprint density at radius 2 is 1.82 bits per heavy atom. The number of hydrogen-bond acceptors (Lipinski definition) is 3. The number of aromatic nitrogens is 3. The minimum absolute atomic E-state index is 0.199. The fourth-order valence-electron chi connectivity index (χ4n) is 3.31. The third-order valence-electron chi connectivity index (χ3n) is 4.76. The van der Waals surface area contributed by atoms with E-state index < -0.39 is 0 Å². The highest BCUT2D eigenvalue weighted by molar-refractivity contribution is 9.10. The number of methoxy groups -OCH3 is 1. The Morgan fingerprint density at radius 1 is 1.11 bits per heavy atom. The summed E-state index contributed by atoms with van der Waals surface area (Å²) in [7, 11) is 1.59. The lowest BCUT2D eigenvalue weighted by atomic mass is 10.1. The summed E-state index contributed by atoms with van der Waals surface area (Å²) in [6.07, 6.45) is 1.51. The fraction of sp³-hybridized carbons (Fsp3) is 0.143. The molecular formula is C21H17BrClN3O2. The number of fused-ring (bicyclic) bond motifs is 1. The molecule has 2 aromatic carbocycles. The maximum atomic E-state index is 13.3. The number of aryl methyl sites for hydroxylation is 1. The number of benzene rings is 2. The first-order valence-electron chi connectivity index (χ1n) is 8.61. The van der Waals surface area contributed by atoms with E-state index in [2.05, 4.69) is 20.9 Å². The maximum Gasteiger partial charge on any atom is 0.267 e. The Morgan fingerprint density at radius 3 is 2.50 bits per heavy atom. The molecule has 142 valence electrons. The van der Waals surface area contributed by atoms with Crippen molar-refractivity contribution >= 4 is 38.6 Å². The first-order chi connectivity index (χ1) is 13.4. The van der Waals surface area contributed by atoms with Crippen molar-refractivity contribution in [3.8, 4) is 17.1 Å². The van der Waals surface area contributed by atoms with Crippen LogP contribution >= 0.6 is 27.5 Å². The van der Waals surface area contributed by atoms with Gasteiger partial charge in [-0.2, -0.15) is 0 Å². The van der Waals surface area contributed by atoms with Crippen LogP contribution in [0, 0.1) is 13.8 Å². The van der Waals surface area contributed by atoms with E-state index in [0.717, 1.165) is 21.4 Å². The summed E-state index contributed by atoms with van der Waals surface area (Å²) >= 11 is 9.97. The highest BCUT2D eigenvalue weighted by atomic mass is 79.9. The van der Waals surface area contributed by atoms with Gasteiger partial charge in [0.15, 0.2) is 5.65 Å². The Balaban J connectivity index is 1.98. The van der Waals surface area contributed by atoms with Crippen LogP contribution in [-0.2, 0) is 0 Å². The van der Waals surface area contributed by atoms with Gasteiger partial charge in [0.1, 0.15) is 12.1 Å². The molecule has 4 rings (SSSR count). The lowest BCUT2D eigenvalue weighted by Gasteiger charge is -2.14. The normalized spacial score (nSPS) is 11.2. The predicted octanol–water partition coefficient (Wildman–Crippen LogP) is 5.22. The molecule has 0 aliphatic rings. The summed E-state index contributed by atoms with van der Waals surface area (Å²) in [4.78, 5) is 17.8. The van der Waals surface area contributed by atoms with Gasteiger partial charge in [-0.25, -0.2) is 4.98 Å². The molecule has 28 heavy (non-hydrogen) atoms. The van der Waals surface area contributed by atoms with Crippen LogP contribution in [0.5, 0.6) is 5.75 Å². The molecule has 0 unspecified atom stereocenters. The van der Waals surface area contributed by atoms with Crippen LogP contribution in [0.4, 0.5) is 0 Å². The number of hydrogen-bond donors (Lipinski definition) is 0. The molecule has 0 fully saturated rings. The van der Waals surface area contributed by atoms with Crippen molar-refractivity contribution in [3.63, 3.8) is 0 Å². The molecule has 5 nitrogen and oxygen atoms in total. The van der Waals surface area contributed by atoms with Gasteiger partial charge in [-0.05, 0) is 60.1 Å². The molecule has 0 aliphatic heterocycles. The van der Waals surface area contributed by atoms with Gasteiger partial charge in [-0.15, -0.1) is 0 Å². The average Bonchev–Trinajstić information content (AvgIpc) is 3.01. The van der Waals surface area contributed by atoms with Gasteiger partial charge < -0.3 is 4.74 Å². The lowest BCUT2D eigenvalue weighted by molar-refractivity contribution is 0.411. The summed E-state index contributed by atoms with van der Waals surface area (Å²) in [6, 6.07) is 13.3. The number of nitrogens with zero attached hydrogens (tertiary/aromatic N) is 3. The zero-order valence-corrected chi connectivity index (χ0v) is 17.9. The molecule has 0 saturated heterocycles. The number of halogens is 2. The Kier molecular flexibility index (Phi) is 4.77. The van der Waals surface area contributed by atoms with Crippen molar-refractivity contribution in [3.05, 3.63) is 79.9 Å². The van der Waals surface area contributed by atoms with Gasteiger partial charge in [0.05, 0.1) is 27.8 Å². The summed E-state index contributed by atoms with van der Waals surface area (Å²) in [5.74, 6) is 0.657. The third kappa shape index (κ3) is 2.93. The molecule has 0 saturated carbocycles. The summed E-state index contributed by atoms with van der Waals surface area (Å²) in [5, 5.41) is 0.951. The molecular weight excluding hydrogens is 442 g/mol. The molecule has 7 heteroatoms. The Labute approximate surface area is 175 Å². The molecule has 4 aromatic rings. The molecule has 0 N–H and O–H groups in total. The van der Waals surface area contributed by atoms with Gasteiger partial charge in [-0.1, -0.05) is 29.3 Å². The third-order valence-corrected chi connectivity index (χ3v) is 5.65. The summed E-state index contributed by atoms with van der Waals surface area (Å²) in [6.45, 7) is 3.90. The van der Waals surface area contributed by atoms with E-state index >= 15 is 0 Å². The predicted molar refractivity (Wildman–Crippen MR) is 115 cm³/mol. The topological polar surface area (TPSA) is 49.0 Å². The van der Waals surface area contributed by atoms with Crippen molar-refractivity contribution in [2.45, 2.75) is 13.8 Å². The standard InChI is InChI=1S/C21H17BrClN3O2/c1-12-4-6-14(7-5-12)26-18(22)10-15-20(26)24-11-25(21(15)27)19-13(2)17(28-3)9-8-16(19)23/h4-11H,1-3H3. The smallest absolute Gasteiger partial charge is 0.267 e. The average molecular weight is 459 g/mol. The minimum Gasteiger partial charge on any atom is -0.496 e. The molecule has 0 radical (unpaired) electrons. The van der Waals surface area contributed by atoms with Crippen molar-refractivity contribution < 1.29 is 4.74 Å². The van der Waals surface area contributed by atoms with E-state index in [0.29, 0.717) is 27.5 Å². The van der Waals surface area contributed by atoms with E-state index in [1.54, 1.807) is 25.3 Å². The van der Waals surface area contributed by atoms with Crippen LogP contribution in [0.15, 0.2) is 58.2 Å². The SMILES string of the molecule is COc1ccc(Cl)c(-n2cnc3c(cc(Br)n3-c3ccc(C)cc3)c2=O)c1C. The van der Waals surface area contributed by atoms with E-state index in [1.165, 1.54) is 10.9 Å². The quantitative estimate of drug-likeness (QED) is 0.423. The fourth-order valence-corrected chi connectivity index (χ4v) is 4.21. The molecule has 0 bridgehead atoms. The first kappa shape index (κ1) is 18.8. The minimum atomic E-state index is -0.199. The summed E-state index contributed by atoms with van der Waals surface area (Å²) in [5.41, 5.74) is 3.81. The van der Waals surface area contributed by atoms with Crippen molar-refractivity contribution in [1.82, 2.24) is 14.1 Å². The maximum absolute atomic E-state index is 13.3. The second-order valence-corrected chi connectivity index (χ2v) is 7.74. The van der Waals surface area contributed by atoms with Crippen LogP contribution in [0.1, 0.15) is 11.1 Å². The number of ether oxygens (including phenoxy) is 1. The van der Waals surface area contributed by atoms with Crippen molar-refractivity contribution in [2.75, 3.05) is 7.11 Å². The van der Waals surface area contributed by atoms with E-state index in [9.17, 15) is 4.79 Å². The van der Waals surface area contributed by atoms with Gasteiger partial charge in [0, 0.05) is 11.3 Å². The van der Waals surface area contributed by atoms with Crippen LogP contribution in [0.25, 0.3) is 22.4 Å². The van der Waals surface area contributed by atoms with Crippen LogP contribution in [0.3, 0.4) is 0 Å². The van der Waals surface area contributed by atoms with E-state index in [-0.39, 0.29) is 5.56 Å². The van der Waals surface area contributed by atoms with Crippen molar-refractivity contribution in [1.29, 1.82) is 0 Å². The van der Waals surface area contributed by atoms with Crippen LogP contribution < -0.4 is 10.3 Å². The van der Waals surface area contributed by atoms with E-state index in [4.69, 9.17) is 16.3 Å². The molecule has 2 heterocycles. The molecule has 0 spiro atoms. The monoisotopic (exact) mass is 457 g/mol.